The summed E-state index contributed by atoms with van der Waals surface area (Å²) in [6.07, 6.45) is 11.2. The van der Waals surface area contributed by atoms with Crippen LogP contribution in [0.25, 0.3) is 0 Å². The van der Waals surface area contributed by atoms with Crippen LogP contribution >= 0.6 is 11.8 Å². The van der Waals surface area contributed by atoms with Crippen molar-refractivity contribution in [3.05, 3.63) is 48.0 Å². The number of nitrogens with zero attached hydrogens (tertiary/aromatic N) is 1. The van der Waals surface area contributed by atoms with E-state index in [1.165, 1.54) is 42.6 Å². The van der Waals surface area contributed by atoms with Crippen LogP contribution in [0, 0.1) is 0 Å². The zero-order valence-corrected chi connectivity index (χ0v) is 16.5. The van der Waals surface area contributed by atoms with E-state index in [1.54, 1.807) is 0 Å². The monoisotopic (exact) mass is 344 g/mol. The lowest BCUT2D eigenvalue weighted by Crippen LogP contribution is -2.10. The standard InChI is InChI=1S/C21H32N2S/c1-5-6-7-8-18(13-14-20-22-15-16-23-20)24-19-11-9-17(10-12-19)21(2,3)4/h9-12,15-16,18H,5-8,13-14H2,1-4H3,(H,22,23). The Labute approximate surface area is 151 Å². The van der Waals surface area contributed by atoms with Gasteiger partial charge in [-0.3, -0.25) is 0 Å². The topological polar surface area (TPSA) is 28.7 Å². The fourth-order valence-electron chi connectivity index (χ4n) is 2.84. The minimum Gasteiger partial charge on any atom is -0.349 e. The summed E-state index contributed by atoms with van der Waals surface area (Å²) in [7, 11) is 0. The molecule has 2 rings (SSSR count). The number of thioether (sulfide) groups is 1. The number of H-pyrrole nitrogens is 1. The summed E-state index contributed by atoms with van der Waals surface area (Å²) in [5.74, 6) is 1.11. The van der Waals surface area contributed by atoms with Gasteiger partial charge in [0.15, 0.2) is 0 Å². The highest BCUT2D eigenvalue weighted by atomic mass is 32.2. The van der Waals surface area contributed by atoms with Crippen molar-refractivity contribution in [1.29, 1.82) is 0 Å². The molecule has 1 heterocycles. The number of hydrogen-bond donors (Lipinski definition) is 1. The molecule has 2 nitrogen and oxygen atoms in total. The maximum atomic E-state index is 4.37. The first-order valence-corrected chi connectivity index (χ1v) is 10.1. The van der Waals surface area contributed by atoms with Gasteiger partial charge in [-0.05, 0) is 36.0 Å². The Hall–Kier alpha value is -1.22. The van der Waals surface area contributed by atoms with E-state index in [1.807, 2.05) is 24.2 Å². The quantitative estimate of drug-likeness (QED) is 0.422. The predicted octanol–water partition coefficient (Wildman–Crippen LogP) is 6.38. The summed E-state index contributed by atoms with van der Waals surface area (Å²) in [4.78, 5) is 8.99. The fraction of sp³-hybridized carbons (Fsp3) is 0.571. The van der Waals surface area contributed by atoms with E-state index in [0.717, 1.165) is 12.2 Å². The molecule has 0 radical (unpaired) electrons. The SMILES string of the molecule is CCCCCC(CCc1ncc[nH]1)Sc1ccc(C(C)(C)C)cc1. The zero-order valence-electron chi connectivity index (χ0n) is 15.6. The number of aromatic amines is 1. The van der Waals surface area contributed by atoms with E-state index >= 15 is 0 Å². The van der Waals surface area contributed by atoms with Crippen LogP contribution in [0.3, 0.4) is 0 Å². The van der Waals surface area contributed by atoms with Gasteiger partial charge < -0.3 is 4.98 Å². The fourth-order valence-corrected chi connectivity index (χ4v) is 4.04. The van der Waals surface area contributed by atoms with Crippen molar-refractivity contribution < 1.29 is 0 Å². The van der Waals surface area contributed by atoms with E-state index in [0.29, 0.717) is 5.25 Å². The van der Waals surface area contributed by atoms with Gasteiger partial charge in [0.25, 0.3) is 0 Å². The molecule has 1 aromatic heterocycles. The summed E-state index contributed by atoms with van der Waals surface area (Å²) in [5.41, 5.74) is 1.63. The Bertz CT molecular complexity index is 567. The van der Waals surface area contributed by atoms with Crippen molar-refractivity contribution in [2.75, 3.05) is 0 Å². The van der Waals surface area contributed by atoms with E-state index in [2.05, 4.69) is 61.9 Å². The molecule has 1 atom stereocenters. The molecule has 132 valence electrons. The van der Waals surface area contributed by atoms with Gasteiger partial charge in [0, 0.05) is 29.0 Å². The van der Waals surface area contributed by atoms with E-state index in [9.17, 15) is 0 Å². The van der Waals surface area contributed by atoms with Gasteiger partial charge in [0.1, 0.15) is 5.82 Å². The second-order valence-corrected chi connectivity index (χ2v) is 8.96. The molecule has 0 aliphatic carbocycles. The number of imidazole rings is 1. The highest BCUT2D eigenvalue weighted by Crippen LogP contribution is 2.32. The normalized spacial score (nSPS) is 13.2. The molecular weight excluding hydrogens is 312 g/mol. The average molecular weight is 345 g/mol. The Morgan fingerprint density at radius 3 is 2.42 bits per heavy atom. The molecule has 0 aliphatic heterocycles. The highest BCUT2D eigenvalue weighted by molar-refractivity contribution is 8.00. The highest BCUT2D eigenvalue weighted by Gasteiger charge is 2.15. The molecule has 0 fully saturated rings. The molecule has 0 aliphatic rings. The van der Waals surface area contributed by atoms with Gasteiger partial charge in [-0.15, -0.1) is 11.8 Å². The Morgan fingerprint density at radius 1 is 1.08 bits per heavy atom. The third-order valence-electron chi connectivity index (χ3n) is 4.41. The summed E-state index contributed by atoms with van der Waals surface area (Å²) in [6.45, 7) is 9.08. The van der Waals surface area contributed by atoms with Crippen LogP contribution in [0.4, 0.5) is 0 Å². The van der Waals surface area contributed by atoms with E-state index in [4.69, 9.17) is 0 Å². The molecule has 3 heteroatoms. The number of rotatable bonds is 9. The first kappa shape index (κ1) is 19.1. The summed E-state index contributed by atoms with van der Waals surface area (Å²) in [5, 5.41) is 0.669. The first-order chi connectivity index (χ1) is 11.5. The first-order valence-electron chi connectivity index (χ1n) is 9.24. The number of nitrogens with one attached hydrogen (secondary N) is 1. The molecule has 1 unspecified atom stereocenters. The van der Waals surface area contributed by atoms with Crippen molar-refractivity contribution >= 4 is 11.8 Å². The Balaban J connectivity index is 1.95. The van der Waals surface area contributed by atoms with Crippen molar-refractivity contribution in [3.63, 3.8) is 0 Å². The maximum absolute atomic E-state index is 4.37. The molecule has 2 aromatic rings. The van der Waals surface area contributed by atoms with Crippen molar-refractivity contribution in [2.24, 2.45) is 0 Å². The minimum absolute atomic E-state index is 0.225. The number of aromatic nitrogens is 2. The van der Waals surface area contributed by atoms with Crippen molar-refractivity contribution in [1.82, 2.24) is 9.97 Å². The Morgan fingerprint density at radius 2 is 1.83 bits per heavy atom. The van der Waals surface area contributed by atoms with Gasteiger partial charge in [-0.25, -0.2) is 4.98 Å². The minimum atomic E-state index is 0.225. The van der Waals surface area contributed by atoms with Crippen LogP contribution in [-0.4, -0.2) is 15.2 Å². The summed E-state index contributed by atoms with van der Waals surface area (Å²) >= 11 is 2.04. The average Bonchev–Trinajstić information content (AvgIpc) is 3.06. The van der Waals surface area contributed by atoms with Gasteiger partial charge in [0.2, 0.25) is 0 Å². The summed E-state index contributed by atoms with van der Waals surface area (Å²) < 4.78 is 0. The molecule has 1 aromatic carbocycles. The van der Waals surface area contributed by atoms with Crippen LogP contribution in [-0.2, 0) is 11.8 Å². The van der Waals surface area contributed by atoms with Gasteiger partial charge in [0.05, 0.1) is 0 Å². The molecule has 0 saturated carbocycles. The van der Waals surface area contributed by atoms with Gasteiger partial charge in [-0.2, -0.15) is 0 Å². The number of hydrogen-bond acceptors (Lipinski definition) is 2. The van der Waals surface area contributed by atoms with Crippen LogP contribution in [0.5, 0.6) is 0 Å². The predicted molar refractivity (Wildman–Crippen MR) is 106 cm³/mol. The number of unbranched alkanes of at least 4 members (excludes halogenated alkanes) is 2. The molecule has 0 saturated heterocycles. The second-order valence-electron chi connectivity index (χ2n) is 7.58. The summed E-state index contributed by atoms with van der Waals surface area (Å²) in [6, 6.07) is 9.17. The zero-order chi connectivity index (χ0) is 17.4. The van der Waals surface area contributed by atoms with Crippen LogP contribution in [0.1, 0.15) is 71.2 Å². The molecule has 0 spiro atoms. The van der Waals surface area contributed by atoms with Crippen LogP contribution in [0.2, 0.25) is 0 Å². The largest absolute Gasteiger partial charge is 0.349 e. The molecule has 24 heavy (non-hydrogen) atoms. The molecule has 0 bridgehead atoms. The number of benzene rings is 1. The molecular formula is C21H32N2S. The van der Waals surface area contributed by atoms with Gasteiger partial charge in [-0.1, -0.05) is 59.1 Å². The smallest absolute Gasteiger partial charge is 0.106 e. The lowest BCUT2D eigenvalue weighted by molar-refractivity contribution is 0.589. The lowest BCUT2D eigenvalue weighted by Gasteiger charge is -2.20. The van der Waals surface area contributed by atoms with Crippen LogP contribution in [0.15, 0.2) is 41.6 Å². The maximum Gasteiger partial charge on any atom is 0.106 e. The lowest BCUT2D eigenvalue weighted by atomic mass is 9.87. The van der Waals surface area contributed by atoms with E-state index in [-0.39, 0.29) is 5.41 Å². The van der Waals surface area contributed by atoms with Crippen molar-refractivity contribution in [2.45, 2.75) is 81.8 Å². The van der Waals surface area contributed by atoms with Crippen LogP contribution < -0.4 is 0 Å². The van der Waals surface area contributed by atoms with Crippen molar-refractivity contribution in [3.8, 4) is 0 Å². The molecule has 1 N–H and O–H groups in total. The van der Waals surface area contributed by atoms with E-state index < -0.39 is 0 Å². The third-order valence-corrected chi connectivity index (χ3v) is 5.76. The van der Waals surface area contributed by atoms with Gasteiger partial charge >= 0.3 is 0 Å². The Kier molecular flexibility index (Phi) is 7.41. The second kappa shape index (κ2) is 9.31. The number of aryl methyl sites for hydroxylation is 1. The third kappa shape index (κ3) is 6.35. The molecule has 0 amide bonds.